The van der Waals surface area contributed by atoms with E-state index < -0.39 is 145 Å². The Morgan fingerprint density at radius 3 is 1.52 bits per heavy atom. The molecular formula is C60H75N15O13S. The zero-order chi connectivity index (χ0) is 64.9. The number of H-pyrrole nitrogens is 3. The van der Waals surface area contributed by atoms with Crippen LogP contribution in [-0.4, -0.2) is 174 Å². The highest BCUT2D eigenvalue weighted by Crippen LogP contribution is 2.23. The number of carbonyl (C=O) groups excluding carboxylic acids is 12. The fourth-order valence-electron chi connectivity index (χ4n) is 9.86. The van der Waals surface area contributed by atoms with Crippen LogP contribution in [0.3, 0.4) is 0 Å². The number of hydrogen-bond donors (Lipinski definition) is 14. The Bertz CT molecular complexity index is 3480. The number of aromatic nitrogens is 4. The van der Waals surface area contributed by atoms with Gasteiger partial charge in [-0.05, 0) is 59.6 Å². The van der Waals surface area contributed by atoms with E-state index in [9.17, 15) is 62.6 Å². The Kier molecular flexibility index (Phi) is 25.2. The number of aliphatic hydroxyl groups excluding tert-OH is 1. The van der Waals surface area contributed by atoms with Gasteiger partial charge >= 0.3 is 0 Å². The third kappa shape index (κ3) is 19.4. The first kappa shape index (κ1) is 68.4. The number of imidazole rings is 1. The standard InChI is InChI=1S/C60H75N15O13S/c1-32(2)50(30-77)75(33(3)78)60(88)48(22-36-27-66-42-17-11-9-15-39(36)42)73-58(86)47(25-52(63)80)71-54(82)43(18-19-89-4)68-55(83)44(21-35-26-65-41-16-10-8-14-38(35)41)69-56(84)45(23-37-28-64-31-67-37)70-57(85)46(24-51(62)79)72-59(87)49(29-76)74-53(81)40(61)20-34-12-6-5-7-13-34/h5-17,26-28,30-32,40,43-50,65-66,76H,18-25,29,61H2,1-4H3,(H2,62,79)(H2,63,80)(H,64,67)(H,68,83)(H,69,84)(H,70,85)(H,71,82)(H,72,87)(H,73,86)(H,74,81)/t40-,43-,44-,45-,46-,47-,48-,49-,50+/m0/s1. The van der Waals surface area contributed by atoms with E-state index in [0.717, 1.165) is 11.8 Å². The molecule has 6 rings (SSSR count). The molecule has 0 spiro atoms. The average molecular weight is 1250 g/mol. The maximum atomic E-state index is 14.9. The van der Waals surface area contributed by atoms with Crippen molar-refractivity contribution in [2.45, 2.75) is 120 Å². The molecule has 0 bridgehead atoms. The van der Waals surface area contributed by atoms with E-state index in [-0.39, 0.29) is 37.9 Å². The summed E-state index contributed by atoms with van der Waals surface area (Å²) in [6.45, 7) is 3.38. The van der Waals surface area contributed by atoms with Crippen molar-refractivity contribution in [3.63, 3.8) is 0 Å². The summed E-state index contributed by atoms with van der Waals surface area (Å²) in [5, 5.41) is 29.1. The number of benzene rings is 3. The quantitative estimate of drug-likeness (QED) is 0.0204. The van der Waals surface area contributed by atoms with Gasteiger partial charge in [0, 0.05) is 72.3 Å². The van der Waals surface area contributed by atoms with E-state index >= 15 is 0 Å². The molecule has 11 amide bonds. The predicted octanol–water partition coefficient (Wildman–Crippen LogP) is -1.54. The van der Waals surface area contributed by atoms with Crippen molar-refractivity contribution in [3.8, 4) is 0 Å². The highest BCUT2D eigenvalue weighted by molar-refractivity contribution is 7.98. The molecule has 0 aliphatic heterocycles. The maximum Gasteiger partial charge on any atom is 0.252 e. The van der Waals surface area contributed by atoms with E-state index in [2.05, 4.69) is 57.2 Å². The van der Waals surface area contributed by atoms with Crippen LogP contribution in [0.4, 0.5) is 0 Å². The SMILES string of the molecule is CSCC[C@H](NC(=O)[C@H](Cc1c[nH]c2ccccc12)NC(=O)[C@H](Cc1cnc[nH]1)NC(=O)[C@H](CC(N)=O)NC(=O)[C@H](CO)NC(=O)[C@@H](N)Cc1ccccc1)C(=O)N[C@@H](CC(N)=O)C(=O)N[C@@H](Cc1c[nH]c2ccccc12)C(=O)N(C(C)=O)[C@H](C=O)C(C)C. The molecule has 29 heteroatoms. The first-order chi connectivity index (χ1) is 42.5. The number of rotatable bonds is 34. The van der Waals surface area contributed by atoms with Crippen LogP contribution < -0.4 is 54.4 Å². The molecule has 0 aliphatic carbocycles. The molecule has 0 unspecified atom stereocenters. The summed E-state index contributed by atoms with van der Waals surface area (Å²) in [5.74, 6) is -11.3. The van der Waals surface area contributed by atoms with Gasteiger partial charge in [-0.3, -0.25) is 57.6 Å². The topological polar surface area (TPSA) is 451 Å². The summed E-state index contributed by atoms with van der Waals surface area (Å²) < 4.78 is 0. The van der Waals surface area contributed by atoms with Crippen LogP contribution in [0.2, 0.25) is 0 Å². The Morgan fingerprint density at radius 2 is 1.03 bits per heavy atom. The molecule has 6 aromatic rings. The minimum Gasteiger partial charge on any atom is -0.394 e. The predicted molar refractivity (Wildman–Crippen MR) is 328 cm³/mol. The van der Waals surface area contributed by atoms with Gasteiger partial charge < -0.3 is 79.3 Å². The Morgan fingerprint density at radius 1 is 0.584 bits per heavy atom. The van der Waals surface area contributed by atoms with Gasteiger partial charge in [0.05, 0.1) is 37.9 Å². The highest BCUT2D eigenvalue weighted by Gasteiger charge is 2.39. The lowest BCUT2D eigenvalue weighted by Crippen LogP contribution is -2.61. The van der Waals surface area contributed by atoms with E-state index in [4.69, 9.17) is 17.2 Å². The molecule has 474 valence electrons. The summed E-state index contributed by atoms with van der Waals surface area (Å²) in [5.41, 5.74) is 20.7. The van der Waals surface area contributed by atoms with Gasteiger partial charge in [0.15, 0.2) is 0 Å². The molecule has 0 radical (unpaired) electrons. The van der Waals surface area contributed by atoms with Crippen LogP contribution in [0.25, 0.3) is 21.8 Å². The molecule has 28 nitrogen and oxygen atoms in total. The molecule has 0 saturated carbocycles. The maximum absolute atomic E-state index is 14.9. The molecular weight excluding hydrogens is 1170 g/mol. The number of amides is 11. The van der Waals surface area contributed by atoms with Crippen LogP contribution in [0.15, 0.2) is 104 Å². The van der Waals surface area contributed by atoms with Gasteiger partial charge in [-0.2, -0.15) is 11.8 Å². The van der Waals surface area contributed by atoms with Gasteiger partial charge in [0.25, 0.3) is 5.91 Å². The fraction of sp³-hybridized carbons (Fsp3) is 0.383. The van der Waals surface area contributed by atoms with E-state index in [0.29, 0.717) is 50.5 Å². The molecule has 9 atom stereocenters. The van der Waals surface area contributed by atoms with Gasteiger partial charge in [-0.25, -0.2) is 4.98 Å². The van der Waals surface area contributed by atoms with Gasteiger partial charge in [0.2, 0.25) is 59.1 Å². The van der Waals surface area contributed by atoms with Crippen molar-refractivity contribution in [1.29, 1.82) is 0 Å². The van der Waals surface area contributed by atoms with Crippen molar-refractivity contribution in [1.82, 2.24) is 62.1 Å². The second-order valence-corrected chi connectivity index (χ2v) is 22.5. The largest absolute Gasteiger partial charge is 0.394 e. The molecule has 89 heavy (non-hydrogen) atoms. The molecule has 17 N–H and O–H groups in total. The van der Waals surface area contributed by atoms with Crippen LogP contribution in [0, 0.1) is 5.92 Å². The number of carbonyl (C=O) groups is 12. The summed E-state index contributed by atoms with van der Waals surface area (Å²) in [6.07, 6.45) is 5.56. The number of aromatic amines is 3. The zero-order valence-corrected chi connectivity index (χ0v) is 50.2. The number of hydrogen-bond acceptors (Lipinski definition) is 16. The lowest BCUT2D eigenvalue weighted by molar-refractivity contribution is -0.152. The van der Waals surface area contributed by atoms with Gasteiger partial charge in [-0.1, -0.05) is 80.6 Å². The monoisotopic (exact) mass is 1250 g/mol. The van der Waals surface area contributed by atoms with E-state index in [1.807, 2.05) is 0 Å². The van der Waals surface area contributed by atoms with Crippen molar-refractivity contribution in [2.75, 3.05) is 18.6 Å². The number of aldehydes is 1. The normalized spacial score (nSPS) is 14.3. The number of aliphatic hydroxyl groups is 1. The molecule has 3 aromatic heterocycles. The lowest BCUT2D eigenvalue weighted by atomic mass is 9.99. The van der Waals surface area contributed by atoms with E-state index in [1.54, 1.807) is 111 Å². The highest BCUT2D eigenvalue weighted by atomic mass is 32.2. The summed E-state index contributed by atoms with van der Waals surface area (Å²) in [4.78, 5) is 179. The first-order valence-corrected chi connectivity index (χ1v) is 29.9. The Hall–Kier alpha value is -9.74. The van der Waals surface area contributed by atoms with Crippen LogP contribution >= 0.6 is 11.8 Å². The van der Waals surface area contributed by atoms with Crippen molar-refractivity contribution < 1.29 is 62.6 Å². The first-order valence-electron chi connectivity index (χ1n) is 28.5. The smallest absolute Gasteiger partial charge is 0.252 e. The van der Waals surface area contributed by atoms with Gasteiger partial charge in [0.1, 0.15) is 48.6 Å². The molecule has 3 heterocycles. The molecule has 0 saturated heterocycles. The van der Waals surface area contributed by atoms with Crippen molar-refractivity contribution >= 4 is 105 Å². The summed E-state index contributed by atoms with van der Waals surface area (Å²) in [6, 6.07) is 8.97. The number of primary amides is 2. The Balaban J connectivity index is 1.26. The number of para-hydroxylation sites is 2. The number of imide groups is 1. The number of thioether (sulfide) groups is 1. The number of fused-ring (bicyclic) bond motifs is 2. The van der Waals surface area contributed by atoms with Gasteiger partial charge in [-0.15, -0.1) is 0 Å². The third-order valence-corrected chi connectivity index (χ3v) is 15.2. The summed E-state index contributed by atoms with van der Waals surface area (Å²) in [7, 11) is 0. The molecule has 0 aliphatic rings. The lowest BCUT2D eigenvalue weighted by Gasteiger charge is -2.32. The second-order valence-electron chi connectivity index (χ2n) is 21.5. The molecule has 3 aromatic carbocycles. The number of nitrogens with zero attached hydrogens (tertiary/aromatic N) is 2. The zero-order valence-electron chi connectivity index (χ0n) is 49.4. The van der Waals surface area contributed by atoms with Crippen LogP contribution in [-0.2, 0) is 83.2 Å². The second kappa shape index (κ2) is 32.8. The minimum atomic E-state index is -1.80. The Labute approximate surface area is 515 Å². The number of nitrogens with two attached hydrogens (primary N) is 3. The van der Waals surface area contributed by atoms with E-state index in [1.165, 1.54) is 24.3 Å². The minimum absolute atomic E-state index is 0.0753. The van der Waals surface area contributed by atoms with Crippen LogP contribution in [0.5, 0.6) is 0 Å². The molecule has 0 fully saturated rings. The van der Waals surface area contributed by atoms with Crippen LogP contribution in [0.1, 0.15) is 62.4 Å². The van der Waals surface area contributed by atoms with Crippen molar-refractivity contribution in [3.05, 3.63) is 126 Å². The summed E-state index contributed by atoms with van der Waals surface area (Å²) >= 11 is 1.29. The van der Waals surface area contributed by atoms with Crippen molar-refractivity contribution in [2.24, 2.45) is 23.1 Å². The average Bonchev–Trinajstić information content (AvgIpc) is 2.02. The fourth-order valence-corrected chi connectivity index (χ4v) is 10.3. The number of nitrogens with one attached hydrogen (secondary N) is 10. The third-order valence-electron chi connectivity index (χ3n) is 14.5.